The Kier molecular flexibility index (Phi) is 4.30. The minimum atomic E-state index is 0.429. The van der Waals surface area contributed by atoms with Crippen LogP contribution < -0.4 is 10.1 Å². The molecule has 7 heteroatoms. The Morgan fingerprint density at radius 2 is 2.00 bits per heavy atom. The van der Waals surface area contributed by atoms with Crippen LogP contribution in [0.3, 0.4) is 0 Å². The molecule has 126 valence electrons. The number of fused-ring (bicyclic) bond motifs is 1. The van der Waals surface area contributed by atoms with E-state index in [0.717, 1.165) is 26.7 Å². The van der Waals surface area contributed by atoms with E-state index >= 15 is 0 Å². The Labute approximate surface area is 148 Å². The maximum Gasteiger partial charge on any atom is 0.247 e. The molecule has 2 heterocycles. The summed E-state index contributed by atoms with van der Waals surface area (Å²) >= 11 is 1.57. The topological polar surface area (TPSA) is 73.1 Å². The molecule has 0 atom stereocenters. The molecule has 0 amide bonds. The van der Waals surface area contributed by atoms with Crippen molar-refractivity contribution in [3.8, 4) is 17.2 Å². The van der Waals surface area contributed by atoms with Crippen LogP contribution in [-0.2, 0) is 6.54 Å². The largest absolute Gasteiger partial charge is 0.494 e. The van der Waals surface area contributed by atoms with E-state index in [9.17, 15) is 0 Å². The van der Waals surface area contributed by atoms with Crippen molar-refractivity contribution in [2.24, 2.45) is 0 Å². The van der Waals surface area contributed by atoms with Crippen molar-refractivity contribution in [2.75, 3.05) is 11.9 Å². The molecule has 0 spiro atoms. The van der Waals surface area contributed by atoms with Crippen LogP contribution in [0.25, 0.3) is 21.7 Å². The zero-order valence-electron chi connectivity index (χ0n) is 13.6. The lowest BCUT2D eigenvalue weighted by molar-refractivity contribution is 0.341. The summed E-state index contributed by atoms with van der Waals surface area (Å²) in [7, 11) is 0. The van der Waals surface area contributed by atoms with Crippen molar-refractivity contribution >= 4 is 26.7 Å². The Bertz CT molecular complexity index is 981. The van der Waals surface area contributed by atoms with Crippen LogP contribution in [-0.4, -0.2) is 21.8 Å². The molecule has 0 radical (unpaired) electrons. The number of hydrogen-bond donors (Lipinski definition) is 1. The average molecular weight is 352 g/mol. The van der Waals surface area contributed by atoms with Gasteiger partial charge in [0, 0.05) is 5.56 Å². The van der Waals surface area contributed by atoms with Crippen molar-refractivity contribution in [1.82, 2.24) is 15.2 Å². The van der Waals surface area contributed by atoms with Crippen LogP contribution in [0.4, 0.5) is 5.13 Å². The number of ether oxygens (including phenoxy) is 1. The van der Waals surface area contributed by atoms with E-state index in [-0.39, 0.29) is 0 Å². The number of anilines is 1. The quantitative estimate of drug-likeness (QED) is 0.556. The summed E-state index contributed by atoms with van der Waals surface area (Å²) in [5, 5.41) is 12.2. The Morgan fingerprint density at radius 3 is 2.84 bits per heavy atom. The molecule has 4 aromatic rings. The highest BCUT2D eigenvalue weighted by molar-refractivity contribution is 7.22. The highest BCUT2D eigenvalue weighted by Crippen LogP contribution is 2.29. The van der Waals surface area contributed by atoms with E-state index in [1.807, 2.05) is 55.5 Å². The number of nitrogens with one attached hydrogen (secondary N) is 1. The number of thiazole rings is 1. The summed E-state index contributed by atoms with van der Waals surface area (Å²) in [6.45, 7) is 3.05. The number of benzene rings is 2. The average Bonchev–Trinajstić information content (AvgIpc) is 3.27. The molecular formula is C18H16N4O2S. The zero-order chi connectivity index (χ0) is 17.1. The van der Waals surface area contributed by atoms with Crippen molar-refractivity contribution in [3.05, 3.63) is 54.4 Å². The van der Waals surface area contributed by atoms with Gasteiger partial charge in [-0.2, -0.15) is 0 Å². The smallest absolute Gasteiger partial charge is 0.247 e. The molecule has 0 saturated carbocycles. The normalized spacial score (nSPS) is 10.9. The second kappa shape index (κ2) is 6.90. The third-order valence-corrected chi connectivity index (χ3v) is 4.53. The monoisotopic (exact) mass is 352 g/mol. The lowest BCUT2D eigenvalue weighted by Gasteiger charge is -2.00. The molecule has 0 bridgehead atoms. The first-order valence-electron chi connectivity index (χ1n) is 7.97. The first kappa shape index (κ1) is 15.6. The van der Waals surface area contributed by atoms with Crippen molar-refractivity contribution < 1.29 is 9.15 Å². The van der Waals surface area contributed by atoms with Crippen LogP contribution in [0.5, 0.6) is 5.75 Å². The summed E-state index contributed by atoms with van der Waals surface area (Å²) in [5.41, 5.74) is 1.84. The van der Waals surface area contributed by atoms with Gasteiger partial charge < -0.3 is 14.5 Å². The minimum Gasteiger partial charge on any atom is -0.494 e. The Morgan fingerprint density at radius 1 is 1.12 bits per heavy atom. The van der Waals surface area contributed by atoms with Gasteiger partial charge in [0.25, 0.3) is 0 Å². The maximum absolute atomic E-state index is 5.69. The molecule has 0 saturated heterocycles. The van der Waals surface area contributed by atoms with Gasteiger partial charge in [0.15, 0.2) is 5.13 Å². The van der Waals surface area contributed by atoms with E-state index in [1.54, 1.807) is 11.3 Å². The van der Waals surface area contributed by atoms with Gasteiger partial charge in [-0.15, -0.1) is 10.2 Å². The predicted molar refractivity (Wildman–Crippen MR) is 97.8 cm³/mol. The molecule has 2 aromatic carbocycles. The molecule has 25 heavy (non-hydrogen) atoms. The van der Waals surface area contributed by atoms with Gasteiger partial charge in [-0.25, -0.2) is 4.98 Å². The molecule has 0 aliphatic heterocycles. The van der Waals surface area contributed by atoms with E-state index in [4.69, 9.17) is 9.15 Å². The number of nitrogens with zero attached hydrogens (tertiary/aromatic N) is 3. The number of hydrogen-bond acceptors (Lipinski definition) is 7. The van der Waals surface area contributed by atoms with Crippen LogP contribution in [0.15, 0.2) is 52.9 Å². The summed E-state index contributed by atoms with van der Waals surface area (Å²) in [6, 6.07) is 15.6. The SMILES string of the molecule is CCOc1ccc2nc(NCc3nnc(-c4ccccc4)o3)sc2c1. The highest BCUT2D eigenvalue weighted by Gasteiger charge is 2.10. The first-order chi connectivity index (χ1) is 12.3. The van der Waals surface area contributed by atoms with Crippen molar-refractivity contribution in [3.63, 3.8) is 0 Å². The van der Waals surface area contributed by atoms with E-state index in [0.29, 0.717) is 24.9 Å². The van der Waals surface area contributed by atoms with E-state index in [2.05, 4.69) is 20.5 Å². The minimum absolute atomic E-state index is 0.429. The van der Waals surface area contributed by atoms with E-state index in [1.165, 1.54) is 0 Å². The standard InChI is InChI=1S/C18H16N4O2S/c1-2-23-13-8-9-14-15(10-13)25-18(20-14)19-11-16-21-22-17(24-16)12-6-4-3-5-7-12/h3-10H,2,11H2,1H3,(H,19,20). The van der Waals surface area contributed by atoms with Gasteiger partial charge in [-0.3, -0.25) is 0 Å². The highest BCUT2D eigenvalue weighted by atomic mass is 32.1. The molecule has 1 N–H and O–H groups in total. The van der Waals surface area contributed by atoms with Gasteiger partial charge in [-0.05, 0) is 37.3 Å². The fourth-order valence-corrected chi connectivity index (χ4v) is 3.30. The Hall–Kier alpha value is -2.93. The van der Waals surface area contributed by atoms with Gasteiger partial charge in [0.2, 0.25) is 11.8 Å². The second-order valence-corrected chi connectivity index (χ2v) is 6.33. The summed E-state index contributed by atoms with van der Waals surface area (Å²) < 4.78 is 12.3. The van der Waals surface area contributed by atoms with Crippen molar-refractivity contribution in [1.29, 1.82) is 0 Å². The third kappa shape index (κ3) is 3.46. The molecular weight excluding hydrogens is 336 g/mol. The fourth-order valence-electron chi connectivity index (χ4n) is 2.41. The van der Waals surface area contributed by atoms with Gasteiger partial charge in [0.05, 0.1) is 23.4 Å². The molecule has 0 aliphatic carbocycles. The molecule has 6 nitrogen and oxygen atoms in total. The number of rotatable bonds is 6. The van der Waals surface area contributed by atoms with Gasteiger partial charge >= 0.3 is 0 Å². The summed E-state index contributed by atoms with van der Waals surface area (Å²) in [6.07, 6.45) is 0. The number of aromatic nitrogens is 3. The second-order valence-electron chi connectivity index (χ2n) is 5.30. The molecule has 0 aliphatic rings. The van der Waals surface area contributed by atoms with Crippen molar-refractivity contribution in [2.45, 2.75) is 13.5 Å². The van der Waals surface area contributed by atoms with Crippen LogP contribution in [0, 0.1) is 0 Å². The molecule has 0 fully saturated rings. The maximum atomic E-state index is 5.69. The summed E-state index contributed by atoms with van der Waals surface area (Å²) in [5.74, 6) is 1.89. The molecule has 4 rings (SSSR count). The first-order valence-corrected chi connectivity index (χ1v) is 8.78. The Balaban J connectivity index is 1.46. The van der Waals surface area contributed by atoms with Gasteiger partial charge in [-0.1, -0.05) is 29.5 Å². The lowest BCUT2D eigenvalue weighted by atomic mass is 10.2. The molecule has 0 unspecified atom stereocenters. The van der Waals surface area contributed by atoms with Gasteiger partial charge in [0.1, 0.15) is 5.75 Å². The lowest BCUT2D eigenvalue weighted by Crippen LogP contribution is -1.98. The fraction of sp³-hybridized carbons (Fsp3) is 0.167. The van der Waals surface area contributed by atoms with Crippen LogP contribution in [0.1, 0.15) is 12.8 Å². The predicted octanol–water partition coefficient (Wildman–Crippen LogP) is 4.36. The van der Waals surface area contributed by atoms with E-state index < -0.39 is 0 Å². The zero-order valence-corrected chi connectivity index (χ0v) is 14.4. The molecule has 2 aromatic heterocycles. The third-order valence-electron chi connectivity index (χ3n) is 3.55. The van der Waals surface area contributed by atoms with Crippen LogP contribution in [0.2, 0.25) is 0 Å². The summed E-state index contributed by atoms with van der Waals surface area (Å²) in [4.78, 5) is 4.56. The van der Waals surface area contributed by atoms with Crippen LogP contribution >= 0.6 is 11.3 Å².